The number of allylic oxidation sites excluding steroid dienone is 2. The zero-order chi connectivity index (χ0) is 24.0. The predicted molar refractivity (Wildman–Crippen MR) is 136 cm³/mol. The van der Waals surface area contributed by atoms with Gasteiger partial charge < -0.3 is 4.90 Å². The highest BCUT2D eigenvalue weighted by atomic mass is 15.3. The number of likely N-dealkylation sites (tertiary alicyclic amines) is 1. The van der Waals surface area contributed by atoms with Crippen LogP contribution in [0.15, 0.2) is 79.2 Å². The van der Waals surface area contributed by atoms with E-state index in [0.717, 1.165) is 50.1 Å². The first-order valence-electron chi connectivity index (χ1n) is 12.1. The summed E-state index contributed by atoms with van der Waals surface area (Å²) in [4.78, 5) is 5.04. The van der Waals surface area contributed by atoms with Crippen molar-refractivity contribution in [1.29, 1.82) is 10.5 Å². The molecule has 2 aromatic carbocycles. The standard InChI is InChI=1S/C29H28N6/c30-17-23-4-8-25(9-5-23)20-33-15-12-28(13-16-33)35-14-2-1-3-29(35)27-19-32-34(22-27)21-26-10-6-24(18-31)7-11-26/h1-11,19,22,28H,12-16,20-21H2. The van der Waals surface area contributed by atoms with E-state index in [0.29, 0.717) is 23.7 Å². The summed E-state index contributed by atoms with van der Waals surface area (Å²) in [6.45, 7) is 4.67. The minimum atomic E-state index is 0.505. The van der Waals surface area contributed by atoms with Crippen molar-refractivity contribution in [3.8, 4) is 12.1 Å². The van der Waals surface area contributed by atoms with Crippen molar-refractivity contribution in [1.82, 2.24) is 19.6 Å². The van der Waals surface area contributed by atoms with Crippen LogP contribution < -0.4 is 0 Å². The smallest absolute Gasteiger partial charge is 0.0991 e. The highest BCUT2D eigenvalue weighted by molar-refractivity contribution is 5.66. The third-order valence-corrected chi connectivity index (χ3v) is 6.85. The van der Waals surface area contributed by atoms with E-state index in [1.807, 2.05) is 47.3 Å². The number of benzene rings is 2. The van der Waals surface area contributed by atoms with Crippen molar-refractivity contribution in [2.24, 2.45) is 0 Å². The Labute approximate surface area is 206 Å². The average Bonchev–Trinajstić information content (AvgIpc) is 3.38. The van der Waals surface area contributed by atoms with Crippen LogP contribution in [0.2, 0.25) is 0 Å². The zero-order valence-corrected chi connectivity index (χ0v) is 19.7. The van der Waals surface area contributed by atoms with E-state index in [4.69, 9.17) is 10.5 Å². The van der Waals surface area contributed by atoms with Crippen LogP contribution in [0, 0.1) is 22.7 Å². The van der Waals surface area contributed by atoms with Gasteiger partial charge in [0.25, 0.3) is 0 Å². The molecule has 6 heteroatoms. The molecule has 0 aliphatic carbocycles. The van der Waals surface area contributed by atoms with Crippen LogP contribution in [-0.4, -0.2) is 45.3 Å². The van der Waals surface area contributed by atoms with E-state index in [2.05, 4.69) is 63.6 Å². The van der Waals surface area contributed by atoms with Crippen molar-refractivity contribution in [2.45, 2.75) is 32.0 Å². The first-order valence-corrected chi connectivity index (χ1v) is 12.1. The lowest BCUT2D eigenvalue weighted by molar-refractivity contribution is 0.148. The minimum absolute atomic E-state index is 0.505. The summed E-state index contributed by atoms with van der Waals surface area (Å²) in [5.41, 5.74) is 6.16. The van der Waals surface area contributed by atoms with Gasteiger partial charge in [0.2, 0.25) is 0 Å². The third kappa shape index (κ3) is 5.35. The zero-order valence-electron chi connectivity index (χ0n) is 19.7. The lowest BCUT2D eigenvalue weighted by Gasteiger charge is -2.41. The molecule has 35 heavy (non-hydrogen) atoms. The summed E-state index contributed by atoms with van der Waals surface area (Å²) in [6, 6.07) is 20.5. The molecule has 0 bridgehead atoms. The Balaban J connectivity index is 1.21. The molecule has 1 saturated heterocycles. The van der Waals surface area contributed by atoms with E-state index in [9.17, 15) is 0 Å². The van der Waals surface area contributed by atoms with Crippen LogP contribution >= 0.6 is 0 Å². The Hall–Kier alpha value is -4.13. The summed E-state index contributed by atoms with van der Waals surface area (Å²) < 4.78 is 1.97. The molecule has 174 valence electrons. The quantitative estimate of drug-likeness (QED) is 0.540. The Kier molecular flexibility index (Phi) is 6.75. The van der Waals surface area contributed by atoms with Gasteiger partial charge >= 0.3 is 0 Å². The van der Waals surface area contributed by atoms with E-state index in [-0.39, 0.29) is 0 Å². The lowest BCUT2D eigenvalue weighted by atomic mass is 9.99. The van der Waals surface area contributed by atoms with Gasteiger partial charge in [-0.2, -0.15) is 15.6 Å². The molecule has 0 N–H and O–H groups in total. The van der Waals surface area contributed by atoms with E-state index < -0.39 is 0 Å². The number of hydrogen-bond donors (Lipinski definition) is 0. The summed E-state index contributed by atoms with van der Waals surface area (Å²) in [7, 11) is 0. The highest BCUT2D eigenvalue weighted by Crippen LogP contribution is 2.29. The molecular weight excluding hydrogens is 432 g/mol. The molecule has 5 rings (SSSR count). The minimum Gasteiger partial charge on any atom is -0.364 e. The second-order valence-corrected chi connectivity index (χ2v) is 9.18. The fourth-order valence-corrected chi connectivity index (χ4v) is 4.92. The lowest BCUT2D eigenvalue weighted by Crippen LogP contribution is -2.44. The summed E-state index contributed by atoms with van der Waals surface area (Å²) >= 11 is 0. The molecular formula is C29H28N6. The highest BCUT2D eigenvalue weighted by Gasteiger charge is 2.27. The summed E-state index contributed by atoms with van der Waals surface area (Å²) in [5.74, 6) is 0. The van der Waals surface area contributed by atoms with Crippen molar-refractivity contribution in [3.05, 3.63) is 107 Å². The van der Waals surface area contributed by atoms with Gasteiger partial charge in [-0.05, 0) is 54.3 Å². The third-order valence-electron chi connectivity index (χ3n) is 6.85. The Morgan fingerprint density at radius 3 is 2.11 bits per heavy atom. The van der Waals surface area contributed by atoms with E-state index >= 15 is 0 Å². The second kappa shape index (κ2) is 10.4. The fraction of sp³-hybridized carbons (Fsp3) is 0.276. The molecule has 0 atom stereocenters. The van der Waals surface area contributed by atoms with E-state index in [1.165, 1.54) is 11.3 Å². The van der Waals surface area contributed by atoms with Crippen LogP contribution in [0.25, 0.3) is 5.70 Å². The molecule has 0 amide bonds. The molecule has 2 aliphatic heterocycles. The molecule has 3 heterocycles. The van der Waals surface area contributed by atoms with Gasteiger partial charge in [0, 0.05) is 49.7 Å². The van der Waals surface area contributed by atoms with Crippen molar-refractivity contribution in [2.75, 3.05) is 19.6 Å². The monoisotopic (exact) mass is 460 g/mol. The Morgan fingerprint density at radius 2 is 1.49 bits per heavy atom. The largest absolute Gasteiger partial charge is 0.364 e. The van der Waals surface area contributed by atoms with Gasteiger partial charge in [-0.15, -0.1) is 0 Å². The number of hydrogen-bond acceptors (Lipinski definition) is 5. The maximum atomic E-state index is 9.00. The van der Waals surface area contributed by atoms with Crippen molar-refractivity contribution in [3.63, 3.8) is 0 Å². The van der Waals surface area contributed by atoms with Crippen LogP contribution in [0.4, 0.5) is 0 Å². The van der Waals surface area contributed by atoms with Crippen LogP contribution in [-0.2, 0) is 13.1 Å². The van der Waals surface area contributed by atoms with Gasteiger partial charge in [-0.1, -0.05) is 36.4 Å². The topological polar surface area (TPSA) is 71.9 Å². The molecule has 0 radical (unpaired) electrons. The molecule has 1 fully saturated rings. The Bertz CT molecular complexity index is 1290. The fourth-order valence-electron chi connectivity index (χ4n) is 4.92. The number of rotatable bonds is 6. The van der Waals surface area contributed by atoms with Gasteiger partial charge in [0.05, 0.1) is 36.0 Å². The summed E-state index contributed by atoms with van der Waals surface area (Å²) in [6.07, 6.45) is 12.9. The SMILES string of the molecule is N#Cc1ccc(CN2CCC(N3CC=CC=C3c3cnn(Cc4ccc(C#N)cc4)c3)CC2)cc1. The first kappa shape index (κ1) is 22.7. The average molecular weight is 461 g/mol. The number of piperidine rings is 1. The van der Waals surface area contributed by atoms with Gasteiger partial charge in [-0.3, -0.25) is 9.58 Å². The predicted octanol–water partition coefficient (Wildman–Crippen LogP) is 4.55. The van der Waals surface area contributed by atoms with E-state index in [1.54, 1.807) is 0 Å². The molecule has 1 aromatic heterocycles. The number of nitriles is 2. The second-order valence-electron chi connectivity index (χ2n) is 9.18. The molecule has 6 nitrogen and oxygen atoms in total. The molecule has 2 aliphatic rings. The molecule has 0 unspecified atom stereocenters. The molecule has 0 spiro atoms. The van der Waals surface area contributed by atoms with Gasteiger partial charge in [-0.25, -0.2) is 0 Å². The normalized spacial score (nSPS) is 16.5. The first-order chi connectivity index (χ1) is 17.2. The maximum Gasteiger partial charge on any atom is 0.0991 e. The summed E-state index contributed by atoms with van der Waals surface area (Å²) in [5, 5.41) is 22.6. The van der Waals surface area contributed by atoms with Crippen molar-refractivity contribution >= 4 is 5.70 Å². The number of nitrogens with zero attached hydrogens (tertiary/aromatic N) is 6. The van der Waals surface area contributed by atoms with Gasteiger partial charge in [0.1, 0.15) is 0 Å². The van der Waals surface area contributed by atoms with Gasteiger partial charge in [0.15, 0.2) is 0 Å². The maximum absolute atomic E-state index is 9.00. The van der Waals surface area contributed by atoms with Crippen LogP contribution in [0.3, 0.4) is 0 Å². The number of aromatic nitrogens is 2. The molecule has 3 aromatic rings. The van der Waals surface area contributed by atoms with Crippen LogP contribution in [0.5, 0.6) is 0 Å². The van der Waals surface area contributed by atoms with Crippen molar-refractivity contribution < 1.29 is 0 Å². The van der Waals surface area contributed by atoms with Crippen LogP contribution in [0.1, 0.15) is 40.7 Å². The Morgan fingerprint density at radius 1 is 0.857 bits per heavy atom. The molecule has 0 saturated carbocycles.